The predicted molar refractivity (Wildman–Crippen MR) is 107 cm³/mol. The summed E-state index contributed by atoms with van der Waals surface area (Å²) in [4.78, 5) is 7.09. The molecule has 0 unspecified atom stereocenters. The SMILES string of the molecule is [CH3][Sn]([CH3])[CH3].c1ccc([Si](c2ccccc2)c2ccccc2)cc1. The molecule has 0 saturated carbocycles. The molecule has 2 heteroatoms. The van der Waals surface area contributed by atoms with E-state index in [0.717, 1.165) is 0 Å². The molecule has 116 valence electrons. The molecule has 0 amide bonds. The fourth-order valence-electron chi connectivity index (χ4n) is 2.31. The summed E-state index contributed by atoms with van der Waals surface area (Å²) in [6.45, 7) is 0. The number of hydrogen-bond donors (Lipinski definition) is 0. The van der Waals surface area contributed by atoms with Gasteiger partial charge in [0, 0.05) is 0 Å². The molecule has 0 nitrogen and oxygen atoms in total. The molecule has 0 bridgehead atoms. The van der Waals surface area contributed by atoms with Gasteiger partial charge in [-0.15, -0.1) is 0 Å². The van der Waals surface area contributed by atoms with E-state index in [-0.39, 0.29) is 0 Å². The van der Waals surface area contributed by atoms with E-state index in [1.54, 1.807) is 0 Å². The Balaban J connectivity index is 0.000000433. The van der Waals surface area contributed by atoms with Crippen molar-refractivity contribution in [2.24, 2.45) is 0 Å². The Hall–Kier alpha value is -1.32. The largest absolute Gasteiger partial charge is 0.154 e. The third kappa shape index (κ3) is 6.00. The van der Waals surface area contributed by atoms with E-state index in [0.29, 0.717) is 0 Å². The van der Waals surface area contributed by atoms with Crippen molar-refractivity contribution < 1.29 is 0 Å². The smallest absolute Gasteiger partial charge is 0.0624 e. The van der Waals surface area contributed by atoms with Gasteiger partial charge in [-0.25, -0.2) is 0 Å². The number of benzene rings is 3. The number of rotatable bonds is 3. The second-order valence-corrected chi connectivity index (χ2v) is 17.0. The summed E-state index contributed by atoms with van der Waals surface area (Å²) in [5.74, 6) is 0. The summed E-state index contributed by atoms with van der Waals surface area (Å²) in [5, 5.41) is 4.31. The van der Waals surface area contributed by atoms with Crippen molar-refractivity contribution in [3.63, 3.8) is 0 Å². The van der Waals surface area contributed by atoms with Gasteiger partial charge in [-0.3, -0.25) is 0 Å². The third-order valence-electron chi connectivity index (χ3n) is 3.19. The van der Waals surface area contributed by atoms with Crippen molar-refractivity contribution in [2.75, 3.05) is 0 Å². The minimum absolute atomic E-state index is 0.543. The molecule has 3 aromatic rings. The zero-order valence-corrected chi connectivity index (χ0v) is 18.0. The summed E-state index contributed by atoms with van der Waals surface area (Å²) in [5.41, 5.74) is 0. The van der Waals surface area contributed by atoms with Crippen molar-refractivity contribution in [1.29, 1.82) is 0 Å². The van der Waals surface area contributed by atoms with Gasteiger partial charge in [0.1, 0.15) is 0 Å². The second kappa shape index (κ2) is 9.73. The van der Waals surface area contributed by atoms with Gasteiger partial charge >= 0.3 is 34.6 Å². The maximum atomic E-state index is 2.36. The second-order valence-electron chi connectivity index (χ2n) is 5.97. The molecule has 0 saturated heterocycles. The first-order valence-electron chi connectivity index (χ1n) is 7.98. The summed E-state index contributed by atoms with van der Waals surface area (Å²) in [7, 11) is -0.877. The Morgan fingerprint density at radius 2 is 0.696 bits per heavy atom. The van der Waals surface area contributed by atoms with E-state index in [4.69, 9.17) is 0 Å². The minimum atomic E-state index is -0.877. The fraction of sp³-hybridized carbons (Fsp3) is 0.143. The van der Waals surface area contributed by atoms with E-state index < -0.39 is 28.6 Å². The van der Waals surface area contributed by atoms with Crippen LogP contribution in [0.1, 0.15) is 0 Å². The molecule has 0 atom stereocenters. The van der Waals surface area contributed by atoms with Crippen LogP contribution in [0.15, 0.2) is 91.0 Å². The average molecular weight is 423 g/mol. The summed E-state index contributed by atoms with van der Waals surface area (Å²) >= 11 is -0.543. The van der Waals surface area contributed by atoms with Gasteiger partial charge in [0.15, 0.2) is 8.80 Å². The van der Waals surface area contributed by atoms with E-state index in [1.165, 1.54) is 15.6 Å². The summed E-state index contributed by atoms with van der Waals surface area (Å²) in [6, 6.07) is 32.5. The van der Waals surface area contributed by atoms with E-state index in [2.05, 4.69) is 106 Å². The van der Waals surface area contributed by atoms with Gasteiger partial charge in [0.05, 0.1) is 0 Å². The van der Waals surface area contributed by atoms with Crippen LogP contribution < -0.4 is 15.6 Å². The monoisotopic (exact) mass is 424 g/mol. The van der Waals surface area contributed by atoms with Crippen molar-refractivity contribution in [1.82, 2.24) is 0 Å². The van der Waals surface area contributed by atoms with Crippen molar-refractivity contribution >= 4 is 44.1 Å². The van der Waals surface area contributed by atoms with Crippen LogP contribution in [0.5, 0.6) is 0 Å². The van der Waals surface area contributed by atoms with Gasteiger partial charge in [-0.05, 0) is 0 Å². The molecule has 2 radical (unpaired) electrons. The number of hydrogen-bond acceptors (Lipinski definition) is 0. The van der Waals surface area contributed by atoms with Crippen LogP contribution in [0, 0.1) is 0 Å². The van der Waals surface area contributed by atoms with Crippen molar-refractivity contribution in [2.45, 2.75) is 14.8 Å². The zero-order chi connectivity index (χ0) is 16.5. The Morgan fingerprint density at radius 1 is 0.478 bits per heavy atom. The fourth-order valence-corrected chi connectivity index (χ4v) is 4.89. The Morgan fingerprint density at radius 3 is 0.913 bits per heavy atom. The first-order valence-corrected chi connectivity index (χ1v) is 18.0. The standard InChI is InChI=1S/C18H15Si.3CH3.Sn/c1-4-10-16(11-5-1)19(17-12-6-2-7-13-17)18-14-8-3-9-15-18;;;;/h1-15H;3*1H3;. The molecule has 0 aromatic heterocycles. The molecule has 23 heavy (non-hydrogen) atoms. The Kier molecular flexibility index (Phi) is 7.63. The quantitative estimate of drug-likeness (QED) is 0.447. The van der Waals surface area contributed by atoms with Gasteiger partial charge < -0.3 is 0 Å². The van der Waals surface area contributed by atoms with E-state index in [1.807, 2.05) is 0 Å². The van der Waals surface area contributed by atoms with Gasteiger partial charge in [0.2, 0.25) is 0 Å². The normalized spacial score (nSPS) is 10.3. The van der Waals surface area contributed by atoms with Crippen LogP contribution in [-0.4, -0.2) is 28.6 Å². The molecule has 0 N–H and O–H groups in total. The van der Waals surface area contributed by atoms with E-state index in [9.17, 15) is 0 Å². The molecule has 3 aromatic carbocycles. The molecule has 0 aliphatic rings. The van der Waals surface area contributed by atoms with Crippen molar-refractivity contribution in [3.05, 3.63) is 91.0 Å². The molecular weight excluding hydrogens is 399 g/mol. The maximum absolute atomic E-state index is 2.36. The molecule has 0 spiro atoms. The zero-order valence-electron chi connectivity index (χ0n) is 14.2. The Bertz CT molecular complexity index is 569. The predicted octanol–water partition coefficient (Wildman–Crippen LogP) is 3.57. The van der Waals surface area contributed by atoms with Gasteiger partial charge in [-0.2, -0.15) is 0 Å². The molecule has 0 heterocycles. The first kappa shape index (κ1) is 18.0. The van der Waals surface area contributed by atoms with Crippen LogP contribution in [0.4, 0.5) is 0 Å². The molecular formula is C21H24SiSn. The molecule has 3 rings (SSSR count). The van der Waals surface area contributed by atoms with Crippen LogP contribution >= 0.6 is 0 Å². The first-order chi connectivity index (χ1) is 11.2. The van der Waals surface area contributed by atoms with Crippen LogP contribution in [-0.2, 0) is 0 Å². The summed E-state index contributed by atoms with van der Waals surface area (Å²) < 4.78 is 0. The molecule has 0 aliphatic carbocycles. The van der Waals surface area contributed by atoms with Gasteiger partial charge in [0.25, 0.3) is 0 Å². The van der Waals surface area contributed by atoms with Crippen LogP contribution in [0.25, 0.3) is 0 Å². The van der Waals surface area contributed by atoms with Crippen molar-refractivity contribution in [3.8, 4) is 0 Å². The Labute approximate surface area is 149 Å². The minimum Gasteiger partial charge on any atom is -0.0624 e. The topological polar surface area (TPSA) is 0 Å². The van der Waals surface area contributed by atoms with Gasteiger partial charge in [-0.1, -0.05) is 107 Å². The third-order valence-corrected chi connectivity index (χ3v) is 5.92. The molecule has 0 aliphatic heterocycles. The van der Waals surface area contributed by atoms with E-state index >= 15 is 0 Å². The van der Waals surface area contributed by atoms with Crippen LogP contribution in [0.2, 0.25) is 14.8 Å². The van der Waals surface area contributed by atoms with Crippen LogP contribution in [0.3, 0.4) is 0 Å². The maximum Gasteiger partial charge on any atom is 0.154 e. The average Bonchev–Trinajstić information content (AvgIpc) is 2.58. The summed E-state index contributed by atoms with van der Waals surface area (Å²) in [6.07, 6.45) is 0. The molecule has 0 fully saturated rings.